The van der Waals surface area contributed by atoms with Crippen LogP contribution in [0.1, 0.15) is 49.8 Å². The van der Waals surface area contributed by atoms with Crippen molar-refractivity contribution in [3.8, 4) is 11.1 Å². The van der Waals surface area contributed by atoms with Crippen LogP contribution in [0.5, 0.6) is 0 Å². The molecule has 0 radical (unpaired) electrons. The normalized spacial score (nSPS) is 17.7. The van der Waals surface area contributed by atoms with E-state index in [1.165, 1.54) is 16.7 Å². The minimum Gasteiger partial charge on any atom is -0.469 e. The number of rotatable bonds is 4. The number of aryl methyl sites for hydroxylation is 3. The van der Waals surface area contributed by atoms with Gasteiger partial charge in [-0.25, -0.2) is 0 Å². The van der Waals surface area contributed by atoms with Crippen molar-refractivity contribution in [2.75, 3.05) is 0 Å². The molecule has 2 nitrogen and oxygen atoms in total. The molecule has 2 heteroatoms. The van der Waals surface area contributed by atoms with Crippen LogP contribution in [0.4, 0.5) is 0 Å². The Kier molecular flexibility index (Phi) is 5.31. The van der Waals surface area contributed by atoms with Gasteiger partial charge in [0.25, 0.3) is 0 Å². The van der Waals surface area contributed by atoms with E-state index in [9.17, 15) is 0 Å². The molecule has 0 saturated heterocycles. The highest BCUT2D eigenvalue weighted by Crippen LogP contribution is 2.35. The van der Waals surface area contributed by atoms with E-state index < -0.39 is 0 Å². The number of furan rings is 1. The fourth-order valence-electron chi connectivity index (χ4n) is 3.71. The number of allylic oxidation sites excluding steroid dienone is 6. The summed E-state index contributed by atoms with van der Waals surface area (Å²) in [4.78, 5) is 4.90. The van der Waals surface area contributed by atoms with Gasteiger partial charge < -0.3 is 4.42 Å². The molecule has 2 heterocycles. The van der Waals surface area contributed by atoms with Crippen LogP contribution in [-0.4, -0.2) is 4.98 Å². The third kappa shape index (κ3) is 3.75. The van der Waals surface area contributed by atoms with Crippen molar-refractivity contribution >= 4 is 5.57 Å². The molecule has 1 atom stereocenters. The first-order valence-electron chi connectivity index (χ1n) is 9.45. The second-order valence-electron chi connectivity index (χ2n) is 7.75. The third-order valence-corrected chi connectivity index (χ3v) is 5.00. The Labute approximate surface area is 157 Å². The van der Waals surface area contributed by atoms with Gasteiger partial charge >= 0.3 is 0 Å². The molecule has 0 saturated carbocycles. The first-order chi connectivity index (χ1) is 12.4. The van der Waals surface area contributed by atoms with E-state index in [0.29, 0.717) is 11.8 Å². The summed E-state index contributed by atoms with van der Waals surface area (Å²) >= 11 is 0. The first kappa shape index (κ1) is 18.4. The zero-order valence-electron chi connectivity index (χ0n) is 16.8. The van der Waals surface area contributed by atoms with E-state index in [1.54, 1.807) is 0 Å². The molecule has 0 aromatic carbocycles. The molecular formula is C24H29NO. The summed E-state index contributed by atoms with van der Waals surface area (Å²) in [5.74, 6) is 1.84. The molecule has 0 bridgehead atoms. The van der Waals surface area contributed by atoms with Crippen molar-refractivity contribution in [3.63, 3.8) is 0 Å². The average Bonchev–Trinajstić information content (AvgIpc) is 2.92. The number of nitrogens with zero attached hydrogens (tertiary/aromatic N) is 1. The van der Waals surface area contributed by atoms with Crippen molar-refractivity contribution in [1.82, 2.24) is 4.98 Å². The highest BCUT2D eigenvalue weighted by atomic mass is 16.3. The van der Waals surface area contributed by atoms with Crippen LogP contribution in [-0.2, 0) is 0 Å². The smallest absolute Gasteiger partial charge is 0.108 e. The predicted molar refractivity (Wildman–Crippen MR) is 110 cm³/mol. The second-order valence-corrected chi connectivity index (χ2v) is 7.75. The van der Waals surface area contributed by atoms with Crippen molar-refractivity contribution in [3.05, 3.63) is 71.0 Å². The van der Waals surface area contributed by atoms with Gasteiger partial charge in [-0.3, -0.25) is 4.98 Å². The topological polar surface area (TPSA) is 26.0 Å². The molecule has 0 aliphatic heterocycles. The molecule has 26 heavy (non-hydrogen) atoms. The quantitative estimate of drug-likeness (QED) is 0.606. The Morgan fingerprint density at radius 3 is 2.50 bits per heavy atom. The number of aromatic nitrogens is 1. The molecule has 2 aromatic rings. The SMILES string of the molecule is CC1=CCC(/C(=C/C(C)C)c2ncc(-c3c(C)coc3C)cc2C)C=C1. The van der Waals surface area contributed by atoms with Crippen molar-refractivity contribution in [1.29, 1.82) is 0 Å². The Morgan fingerprint density at radius 2 is 1.96 bits per heavy atom. The first-order valence-corrected chi connectivity index (χ1v) is 9.45. The van der Waals surface area contributed by atoms with Gasteiger partial charge in [0.2, 0.25) is 0 Å². The fourth-order valence-corrected chi connectivity index (χ4v) is 3.71. The van der Waals surface area contributed by atoms with Crippen LogP contribution >= 0.6 is 0 Å². The van der Waals surface area contributed by atoms with E-state index in [0.717, 1.165) is 34.6 Å². The molecule has 1 aliphatic rings. The predicted octanol–water partition coefficient (Wildman–Crippen LogP) is 6.83. The highest BCUT2D eigenvalue weighted by Gasteiger charge is 2.19. The molecule has 1 unspecified atom stereocenters. The minimum absolute atomic E-state index is 0.399. The van der Waals surface area contributed by atoms with Gasteiger partial charge in [0.1, 0.15) is 5.76 Å². The van der Waals surface area contributed by atoms with Gasteiger partial charge in [0, 0.05) is 23.2 Å². The lowest BCUT2D eigenvalue weighted by Crippen LogP contribution is -2.07. The summed E-state index contributed by atoms with van der Waals surface area (Å²) in [5, 5.41) is 0. The van der Waals surface area contributed by atoms with Gasteiger partial charge in [0.15, 0.2) is 0 Å². The van der Waals surface area contributed by atoms with E-state index in [-0.39, 0.29) is 0 Å². The highest BCUT2D eigenvalue weighted by molar-refractivity contribution is 5.74. The Hall–Kier alpha value is -2.35. The standard InChI is InChI=1S/C24H29NO/c1-15(2)11-22(20-9-7-16(3)8-10-20)24-17(4)12-21(13-25-24)23-18(5)14-26-19(23)6/h7-9,11-15,20H,10H2,1-6H3/b22-11-. The van der Waals surface area contributed by atoms with Crippen LogP contribution in [0.3, 0.4) is 0 Å². The fraction of sp³-hybridized carbons (Fsp3) is 0.375. The van der Waals surface area contributed by atoms with Crippen LogP contribution in [0.2, 0.25) is 0 Å². The molecule has 0 fully saturated rings. The summed E-state index contributed by atoms with van der Waals surface area (Å²) in [7, 11) is 0. The number of pyridine rings is 1. The van der Waals surface area contributed by atoms with Gasteiger partial charge in [-0.2, -0.15) is 0 Å². The van der Waals surface area contributed by atoms with Gasteiger partial charge in [-0.05, 0) is 62.8 Å². The van der Waals surface area contributed by atoms with Gasteiger partial charge in [0.05, 0.1) is 12.0 Å². The van der Waals surface area contributed by atoms with Crippen molar-refractivity contribution in [2.45, 2.75) is 48.0 Å². The molecular weight excluding hydrogens is 318 g/mol. The molecule has 3 rings (SSSR count). The Balaban J connectivity index is 2.02. The summed E-state index contributed by atoms with van der Waals surface area (Å²) in [6.45, 7) is 12.9. The molecule has 0 N–H and O–H groups in total. The summed E-state index contributed by atoms with van der Waals surface area (Å²) < 4.78 is 5.57. The lowest BCUT2D eigenvalue weighted by molar-refractivity contribution is 0.534. The summed E-state index contributed by atoms with van der Waals surface area (Å²) in [6.07, 6.45) is 14.1. The lowest BCUT2D eigenvalue weighted by Gasteiger charge is -2.21. The lowest BCUT2D eigenvalue weighted by atomic mass is 9.85. The maximum Gasteiger partial charge on any atom is 0.108 e. The molecule has 0 spiro atoms. The monoisotopic (exact) mass is 347 g/mol. The van der Waals surface area contributed by atoms with Gasteiger partial charge in [-0.15, -0.1) is 0 Å². The number of hydrogen-bond donors (Lipinski definition) is 0. The minimum atomic E-state index is 0.399. The second kappa shape index (κ2) is 7.49. The van der Waals surface area contributed by atoms with Crippen LogP contribution in [0.25, 0.3) is 16.7 Å². The van der Waals surface area contributed by atoms with Crippen LogP contribution in [0, 0.1) is 32.6 Å². The molecule has 0 amide bonds. The van der Waals surface area contributed by atoms with Crippen LogP contribution < -0.4 is 0 Å². The zero-order valence-corrected chi connectivity index (χ0v) is 16.8. The van der Waals surface area contributed by atoms with E-state index in [4.69, 9.17) is 9.40 Å². The molecule has 1 aliphatic carbocycles. The van der Waals surface area contributed by atoms with Crippen LogP contribution in [0.15, 0.2) is 52.8 Å². The molecule has 136 valence electrons. The van der Waals surface area contributed by atoms with Gasteiger partial charge in [-0.1, -0.05) is 43.7 Å². The maximum absolute atomic E-state index is 5.57. The summed E-state index contributed by atoms with van der Waals surface area (Å²) in [6, 6.07) is 2.25. The van der Waals surface area contributed by atoms with Crippen molar-refractivity contribution < 1.29 is 4.42 Å². The number of hydrogen-bond acceptors (Lipinski definition) is 2. The van der Waals surface area contributed by atoms with E-state index in [2.05, 4.69) is 65.0 Å². The Morgan fingerprint density at radius 1 is 1.19 bits per heavy atom. The Bertz CT molecular complexity index is 873. The van der Waals surface area contributed by atoms with E-state index in [1.807, 2.05) is 19.4 Å². The molecule has 2 aromatic heterocycles. The van der Waals surface area contributed by atoms with E-state index >= 15 is 0 Å². The summed E-state index contributed by atoms with van der Waals surface area (Å²) in [5.41, 5.74) is 8.47. The largest absolute Gasteiger partial charge is 0.469 e. The zero-order chi connectivity index (χ0) is 18.8. The maximum atomic E-state index is 5.57. The average molecular weight is 348 g/mol. The van der Waals surface area contributed by atoms with Crippen molar-refractivity contribution in [2.24, 2.45) is 11.8 Å². The third-order valence-electron chi connectivity index (χ3n) is 5.00.